The molecule has 2 aromatic carbocycles. The lowest BCUT2D eigenvalue weighted by atomic mass is 10.1. The first kappa shape index (κ1) is 14.2. The molecule has 102 valence electrons. The molecule has 0 unspecified atom stereocenters. The zero-order valence-electron chi connectivity index (χ0n) is 11.1. The Kier molecular flexibility index (Phi) is 5.73. The SMILES string of the molecule is S=C(NN=CCCc1ccccc1)Nc1ccccc1. The Morgan fingerprint density at radius 3 is 2.35 bits per heavy atom. The first-order valence-electron chi connectivity index (χ1n) is 6.52. The maximum atomic E-state index is 5.14. The van der Waals surface area contributed by atoms with E-state index < -0.39 is 0 Å². The van der Waals surface area contributed by atoms with E-state index in [9.17, 15) is 0 Å². The minimum Gasteiger partial charge on any atom is -0.331 e. The molecule has 0 amide bonds. The molecule has 4 heteroatoms. The van der Waals surface area contributed by atoms with E-state index in [1.54, 1.807) is 0 Å². The van der Waals surface area contributed by atoms with Gasteiger partial charge in [0.25, 0.3) is 0 Å². The molecule has 0 heterocycles. The second kappa shape index (κ2) is 8.07. The number of anilines is 1. The van der Waals surface area contributed by atoms with Gasteiger partial charge in [0.05, 0.1) is 0 Å². The Morgan fingerprint density at radius 2 is 1.65 bits per heavy atom. The molecular formula is C16H17N3S. The molecule has 2 rings (SSSR count). The van der Waals surface area contributed by atoms with Crippen molar-refractivity contribution in [2.45, 2.75) is 12.8 Å². The van der Waals surface area contributed by atoms with Gasteiger partial charge in [0, 0.05) is 11.9 Å². The second-order valence-corrected chi connectivity index (χ2v) is 4.68. The second-order valence-electron chi connectivity index (χ2n) is 4.27. The van der Waals surface area contributed by atoms with Crippen LogP contribution in [0.1, 0.15) is 12.0 Å². The summed E-state index contributed by atoms with van der Waals surface area (Å²) in [6, 6.07) is 20.1. The molecule has 0 aliphatic carbocycles. The summed E-state index contributed by atoms with van der Waals surface area (Å²) in [5, 5.41) is 7.65. The van der Waals surface area contributed by atoms with Crippen molar-refractivity contribution in [3.63, 3.8) is 0 Å². The minimum absolute atomic E-state index is 0.493. The minimum atomic E-state index is 0.493. The van der Waals surface area contributed by atoms with Crippen LogP contribution in [0.5, 0.6) is 0 Å². The summed E-state index contributed by atoms with van der Waals surface area (Å²) >= 11 is 5.14. The van der Waals surface area contributed by atoms with Crippen LogP contribution >= 0.6 is 12.2 Å². The van der Waals surface area contributed by atoms with Gasteiger partial charge in [-0.2, -0.15) is 5.10 Å². The van der Waals surface area contributed by atoms with Crippen molar-refractivity contribution in [1.82, 2.24) is 5.43 Å². The molecule has 0 spiro atoms. The number of nitrogens with one attached hydrogen (secondary N) is 2. The first-order valence-corrected chi connectivity index (χ1v) is 6.93. The lowest BCUT2D eigenvalue weighted by Crippen LogP contribution is -2.23. The Labute approximate surface area is 124 Å². The van der Waals surface area contributed by atoms with Crippen LogP contribution in [0.3, 0.4) is 0 Å². The predicted molar refractivity (Wildman–Crippen MR) is 89.1 cm³/mol. The Bertz CT molecular complexity index is 552. The van der Waals surface area contributed by atoms with Gasteiger partial charge in [-0.05, 0) is 42.8 Å². The molecule has 0 atom stereocenters. The number of nitrogens with zero attached hydrogens (tertiary/aromatic N) is 1. The van der Waals surface area contributed by atoms with E-state index in [1.165, 1.54) is 5.56 Å². The number of para-hydroxylation sites is 1. The number of rotatable bonds is 5. The highest BCUT2D eigenvalue weighted by molar-refractivity contribution is 7.80. The molecule has 20 heavy (non-hydrogen) atoms. The van der Waals surface area contributed by atoms with Gasteiger partial charge in [-0.25, -0.2) is 0 Å². The molecule has 0 aliphatic rings. The highest BCUT2D eigenvalue weighted by Gasteiger charge is 1.94. The van der Waals surface area contributed by atoms with Gasteiger partial charge in [-0.15, -0.1) is 0 Å². The molecule has 0 saturated heterocycles. The third kappa shape index (κ3) is 5.20. The van der Waals surface area contributed by atoms with E-state index in [0.29, 0.717) is 5.11 Å². The van der Waals surface area contributed by atoms with E-state index in [-0.39, 0.29) is 0 Å². The third-order valence-corrected chi connectivity index (χ3v) is 2.89. The molecule has 0 bridgehead atoms. The molecule has 2 aromatic rings. The topological polar surface area (TPSA) is 36.4 Å². The number of benzene rings is 2. The van der Waals surface area contributed by atoms with Crippen LogP contribution in [0.15, 0.2) is 65.8 Å². The quantitative estimate of drug-likeness (QED) is 0.500. The first-order chi connectivity index (χ1) is 9.84. The summed E-state index contributed by atoms with van der Waals surface area (Å²) in [5.74, 6) is 0. The Hall–Kier alpha value is -2.20. The number of hydrogen-bond acceptors (Lipinski definition) is 2. The van der Waals surface area contributed by atoms with Crippen molar-refractivity contribution in [2.75, 3.05) is 5.32 Å². The summed E-state index contributed by atoms with van der Waals surface area (Å²) < 4.78 is 0. The lowest BCUT2D eigenvalue weighted by molar-refractivity contribution is 0.999. The van der Waals surface area contributed by atoms with Crippen molar-refractivity contribution in [1.29, 1.82) is 0 Å². The van der Waals surface area contributed by atoms with E-state index in [1.807, 2.05) is 54.7 Å². The molecule has 2 N–H and O–H groups in total. The van der Waals surface area contributed by atoms with E-state index in [0.717, 1.165) is 18.5 Å². The van der Waals surface area contributed by atoms with Crippen molar-refractivity contribution < 1.29 is 0 Å². The maximum absolute atomic E-state index is 5.14. The fourth-order valence-electron chi connectivity index (χ4n) is 1.73. The van der Waals surface area contributed by atoms with Crippen LogP contribution in [0.2, 0.25) is 0 Å². The maximum Gasteiger partial charge on any atom is 0.191 e. The average Bonchev–Trinajstić information content (AvgIpc) is 2.49. The van der Waals surface area contributed by atoms with Gasteiger partial charge < -0.3 is 5.32 Å². The van der Waals surface area contributed by atoms with E-state index in [4.69, 9.17) is 12.2 Å². The molecular weight excluding hydrogens is 266 g/mol. The lowest BCUT2D eigenvalue weighted by Gasteiger charge is -2.06. The van der Waals surface area contributed by atoms with Gasteiger partial charge in [0.1, 0.15) is 0 Å². The molecule has 0 aromatic heterocycles. The standard InChI is InChI=1S/C16H17N3S/c20-16(18-15-11-5-2-6-12-15)19-17-13-7-10-14-8-3-1-4-9-14/h1-6,8-9,11-13H,7,10H2,(H2,18,19,20). The van der Waals surface area contributed by atoms with Gasteiger partial charge in [0.15, 0.2) is 5.11 Å². The fraction of sp³-hybridized carbons (Fsp3) is 0.125. The fourth-order valence-corrected chi connectivity index (χ4v) is 1.90. The Morgan fingerprint density at radius 1 is 1.00 bits per heavy atom. The van der Waals surface area contributed by atoms with Crippen molar-refractivity contribution >= 4 is 29.2 Å². The van der Waals surface area contributed by atoms with Gasteiger partial charge in [-0.1, -0.05) is 48.5 Å². The predicted octanol–water partition coefficient (Wildman–Crippen LogP) is 3.59. The average molecular weight is 283 g/mol. The van der Waals surface area contributed by atoms with Crippen LogP contribution in [0, 0.1) is 0 Å². The summed E-state index contributed by atoms with van der Waals surface area (Å²) in [4.78, 5) is 0. The third-order valence-electron chi connectivity index (χ3n) is 2.69. The van der Waals surface area contributed by atoms with Crippen molar-refractivity contribution in [2.24, 2.45) is 5.10 Å². The van der Waals surface area contributed by atoms with Crippen LogP contribution in [-0.4, -0.2) is 11.3 Å². The largest absolute Gasteiger partial charge is 0.331 e. The number of aryl methyl sites for hydroxylation is 1. The monoisotopic (exact) mass is 283 g/mol. The van der Waals surface area contributed by atoms with Crippen molar-refractivity contribution in [3.05, 3.63) is 66.2 Å². The summed E-state index contributed by atoms with van der Waals surface area (Å²) in [5.41, 5.74) is 5.06. The molecule has 0 saturated carbocycles. The summed E-state index contributed by atoms with van der Waals surface area (Å²) in [7, 11) is 0. The van der Waals surface area contributed by atoms with Gasteiger partial charge >= 0.3 is 0 Å². The summed E-state index contributed by atoms with van der Waals surface area (Å²) in [6.07, 6.45) is 3.70. The normalized spacial score (nSPS) is 10.4. The van der Waals surface area contributed by atoms with Crippen LogP contribution in [0.4, 0.5) is 5.69 Å². The number of hydrogen-bond donors (Lipinski definition) is 2. The smallest absolute Gasteiger partial charge is 0.191 e. The molecule has 0 fully saturated rings. The van der Waals surface area contributed by atoms with Crippen LogP contribution in [-0.2, 0) is 6.42 Å². The molecule has 0 radical (unpaired) electrons. The van der Waals surface area contributed by atoms with Crippen molar-refractivity contribution in [3.8, 4) is 0 Å². The zero-order chi connectivity index (χ0) is 14.0. The number of hydrazone groups is 1. The highest BCUT2D eigenvalue weighted by atomic mass is 32.1. The van der Waals surface area contributed by atoms with Gasteiger partial charge in [-0.3, -0.25) is 5.43 Å². The van der Waals surface area contributed by atoms with Crippen LogP contribution in [0.25, 0.3) is 0 Å². The zero-order valence-corrected chi connectivity index (χ0v) is 11.9. The highest BCUT2D eigenvalue weighted by Crippen LogP contribution is 2.04. The van der Waals surface area contributed by atoms with E-state index >= 15 is 0 Å². The molecule has 3 nitrogen and oxygen atoms in total. The van der Waals surface area contributed by atoms with E-state index in [2.05, 4.69) is 28.0 Å². The Balaban J connectivity index is 1.67. The van der Waals surface area contributed by atoms with Crippen LogP contribution < -0.4 is 10.7 Å². The summed E-state index contributed by atoms with van der Waals surface area (Å²) in [6.45, 7) is 0. The molecule has 0 aliphatic heterocycles. The number of thiocarbonyl (C=S) groups is 1. The van der Waals surface area contributed by atoms with Gasteiger partial charge in [0.2, 0.25) is 0 Å².